The largest absolute Gasteiger partial charge is 0.429 e. The van der Waals surface area contributed by atoms with E-state index in [1.54, 1.807) is 18.2 Å². The SMILES string of the molecule is O=C1NC2(CCCC3CC32)C(=O)N1c1ccc(Oc2nc3ccccc3s2)c(Cl)c1. The summed E-state index contributed by atoms with van der Waals surface area (Å²) < 4.78 is 6.89. The first-order valence-electron chi connectivity index (χ1n) is 10.0. The smallest absolute Gasteiger partial charge is 0.329 e. The average molecular weight is 440 g/mol. The van der Waals surface area contributed by atoms with E-state index in [9.17, 15) is 9.59 Å². The van der Waals surface area contributed by atoms with E-state index >= 15 is 0 Å². The summed E-state index contributed by atoms with van der Waals surface area (Å²) in [4.78, 5) is 31.7. The standard InChI is InChI=1S/C22H18ClN3O3S/c23-15-11-13(7-8-17(15)29-21-24-16-5-1-2-6-18(16)30-21)26-19(27)22(25-20(26)28)9-3-4-12-10-14(12)22/h1-2,5-8,11-12,14H,3-4,9-10H2,(H,25,28). The number of para-hydroxylation sites is 1. The fourth-order valence-electron chi connectivity index (χ4n) is 4.95. The van der Waals surface area contributed by atoms with Crippen LogP contribution in [0.4, 0.5) is 10.5 Å². The summed E-state index contributed by atoms with van der Waals surface area (Å²) in [5.41, 5.74) is 0.586. The van der Waals surface area contributed by atoms with Crippen molar-refractivity contribution in [2.45, 2.75) is 31.2 Å². The maximum Gasteiger partial charge on any atom is 0.329 e. The Bertz CT molecular complexity index is 1180. The highest BCUT2D eigenvalue weighted by Crippen LogP contribution is 2.56. The molecule has 2 saturated carbocycles. The molecule has 3 aliphatic rings. The molecule has 30 heavy (non-hydrogen) atoms. The summed E-state index contributed by atoms with van der Waals surface area (Å²) in [6.45, 7) is 0. The predicted octanol–water partition coefficient (Wildman–Crippen LogP) is 5.36. The van der Waals surface area contributed by atoms with E-state index in [4.69, 9.17) is 16.3 Å². The minimum atomic E-state index is -0.733. The first-order chi connectivity index (χ1) is 14.5. The third-order valence-electron chi connectivity index (χ3n) is 6.46. The Labute approximate surface area is 181 Å². The molecule has 0 bridgehead atoms. The molecule has 1 aliphatic heterocycles. The highest BCUT2D eigenvalue weighted by atomic mass is 35.5. The van der Waals surface area contributed by atoms with Crippen LogP contribution in [0.3, 0.4) is 0 Å². The van der Waals surface area contributed by atoms with Gasteiger partial charge in [0.1, 0.15) is 11.3 Å². The van der Waals surface area contributed by atoms with Crippen LogP contribution in [0.25, 0.3) is 10.2 Å². The highest BCUT2D eigenvalue weighted by Gasteiger charge is 2.64. The Morgan fingerprint density at radius 2 is 2.10 bits per heavy atom. The van der Waals surface area contributed by atoms with Crippen molar-refractivity contribution in [3.8, 4) is 10.9 Å². The van der Waals surface area contributed by atoms with Crippen LogP contribution in [0.2, 0.25) is 5.02 Å². The van der Waals surface area contributed by atoms with Gasteiger partial charge in [0.25, 0.3) is 11.1 Å². The molecule has 2 heterocycles. The van der Waals surface area contributed by atoms with Gasteiger partial charge in [-0.15, -0.1) is 0 Å². The highest BCUT2D eigenvalue weighted by molar-refractivity contribution is 7.20. The molecule has 6 nitrogen and oxygen atoms in total. The number of benzene rings is 2. The number of carbonyl (C=O) groups excluding carboxylic acids is 2. The van der Waals surface area contributed by atoms with Crippen molar-refractivity contribution in [1.82, 2.24) is 10.3 Å². The van der Waals surface area contributed by atoms with Gasteiger partial charge in [-0.2, -0.15) is 0 Å². The van der Waals surface area contributed by atoms with Gasteiger partial charge in [-0.3, -0.25) is 4.79 Å². The van der Waals surface area contributed by atoms with Crippen molar-refractivity contribution in [2.24, 2.45) is 11.8 Å². The van der Waals surface area contributed by atoms with E-state index in [0.717, 1.165) is 29.5 Å². The Balaban J connectivity index is 1.28. The fraction of sp³-hybridized carbons (Fsp3) is 0.318. The topological polar surface area (TPSA) is 71.5 Å². The maximum atomic E-state index is 13.3. The Morgan fingerprint density at radius 1 is 1.23 bits per heavy atom. The summed E-state index contributed by atoms with van der Waals surface area (Å²) in [6.07, 6.45) is 3.85. The van der Waals surface area contributed by atoms with Crippen LogP contribution in [-0.4, -0.2) is 22.5 Å². The molecule has 1 N–H and O–H groups in total. The number of fused-ring (bicyclic) bond motifs is 3. The zero-order valence-electron chi connectivity index (χ0n) is 15.9. The molecule has 3 atom stereocenters. The third-order valence-corrected chi connectivity index (χ3v) is 7.67. The summed E-state index contributed by atoms with van der Waals surface area (Å²) >= 11 is 7.88. The second kappa shape index (κ2) is 6.43. The summed E-state index contributed by atoms with van der Waals surface area (Å²) in [7, 11) is 0. The van der Waals surface area contributed by atoms with Crippen LogP contribution < -0.4 is 15.0 Å². The molecule has 3 aromatic rings. The van der Waals surface area contributed by atoms with E-state index in [1.165, 1.54) is 16.2 Å². The minimum absolute atomic E-state index is 0.157. The number of imide groups is 1. The molecule has 1 aromatic heterocycles. The lowest BCUT2D eigenvalue weighted by atomic mass is 9.81. The summed E-state index contributed by atoms with van der Waals surface area (Å²) in [5, 5.41) is 3.81. The van der Waals surface area contributed by atoms with Crippen LogP contribution in [0.5, 0.6) is 10.9 Å². The van der Waals surface area contributed by atoms with Gasteiger partial charge in [0.15, 0.2) is 0 Å². The number of hydrogen-bond donors (Lipinski definition) is 1. The van der Waals surface area contributed by atoms with Crippen molar-refractivity contribution >= 4 is 50.8 Å². The van der Waals surface area contributed by atoms with Crippen molar-refractivity contribution in [3.63, 3.8) is 0 Å². The molecule has 6 rings (SSSR count). The molecular weight excluding hydrogens is 422 g/mol. The Morgan fingerprint density at radius 3 is 2.93 bits per heavy atom. The van der Waals surface area contributed by atoms with Crippen LogP contribution in [0.1, 0.15) is 25.7 Å². The lowest BCUT2D eigenvalue weighted by Gasteiger charge is -2.30. The molecule has 3 fully saturated rings. The third kappa shape index (κ3) is 2.65. The maximum absolute atomic E-state index is 13.3. The van der Waals surface area contributed by atoms with Gasteiger partial charge in [0, 0.05) is 0 Å². The zero-order valence-corrected chi connectivity index (χ0v) is 17.5. The predicted molar refractivity (Wildman–Crippen MR) is 115 cm³/mol. The quantitative estimate of drug-likeness (QED) is 0.558. The molecule has 0 radical (unpaired) electrons. The number of nitrogens with one attached hydrogen (secondary N) is 1. The summed E-state index contributed by atoms with van der Waals surface area (Å²) in [5.74, 6) is 1.11. The van der Waals surface area contributed by atoms with Crippen LogP contribution >= 0.6 is 22.9 Å². The van der Waals surface area contributed by atoms with Crippen molar-refractivity contribution in [2.75, 3.05) is 4.90 Å². The van der Waals surface area contributed by atoms with Gasteiger partial charge in [-0.1, -0.05) is 41.5 Å². The second-order valence-corrected chi connectivity index (χ2v) is 9.60. The number of nitrogens with zero attached hydrogens (tertiary/aromatic N) is 2. The number of urea groups is 1. The number of anilines is 1. The van der Waals surface area contributed by atoms with Crippen molar-refractivity contribution < 1.29 is 14.3 Å². The lowest BCUT2D eigenvalue weighted by Crippen LogP contribution is -2.51. The number of aromatic nitrogens is 1. The van der Waals surface area contributed by atoms with Crippen molar-refractivity contribution in [3.05, 3.63) is 47.5 Å². The number of ether oxygens (including phenoxy) is 1. The first kappa shape index (κ1) is 18.2. The van der Waals surface area contributed by atoms with E-state index in [0.29, 0.717) is 34.0 Å². The number of thiazole rings is 1. The van der Waals surface area contributed by atoms with E-state index < -0.39 is 5.54 Å². The molecule has 1 spiro atoms. The van der Waals surface area contributed by atoms with Gasteiger partial charge in [-0.05, 0) is 61.4 Å². The molecular formula is C22H18ClN3O3S. The van der Waals surface area contributed by atoms with Gasteiger partial charge in [0.2, 0.25) is 0 Å². The Hall–Kier alpha value is -2.64. The van der Waals surface area contributed by atoms with Gasteiger partial charge in [0.05, 0.1) is 20.9 Å². The minimum Gasteiger partial charge on any atom is -0.429 e. The Kier molecular flexibility index (Phi) is 3.89. The van der Waals surface area contributed by atoms with Crippen LogP contribution in [0.15, 0.2) is 42.5 Å². The lowest BCUT2D eigenvalue weighted by molar-refractivity contribution is -0.123. The van der Waals surface area contributed by atoms with E-state index in [2.05, 4.69) is 10.3 Å². The molecule has 3 unspecified atom stereocenters. The second-order valence-electron chi connectivity index (χ2n) is 8.20. The van der Waals surface area contributed by atoms with Gasteiger partial charge < -0.3 is 10.1 Å². The monoisotopic (exact) mass is 439 g/mol. The molecule has 152 valence electrons. The average Bonchev–Trinajstić information content (AvgIpc) is 3.35. The van der Waals surface area contributed by atoms with Crippen LogP contribution in [-0.2, 0) is 4.79 Å². The molecule has 2 aromatic carbocycles. The number of amides is 3. The van der Waals surface area contributed by atoms with Gasteiger partial charge >= 0.3 is 6.03 Å². The number of carbonyl (C=O) groups is 2. The molecule has 3 amide bonds. The first-order valence-corrected chi connectivity index (χ1v) is 11.2. The van der Waals surface area contributed by atoms with Crippen LogP contribution in [0, 0.1) is 11.8 Å². The number of rotatable bonds is 3. The molecule has 2 aliphatic carbocycles. The number of halogens is 1. The summed E-state index contributed by atoms with van der Waals surface area (Å²) in [6, 6.07) is 12.4. The van der Waals surface area contributed by atoms with E-state index in [-0.39, 0.29) is 17.9 Å². The van der Waals surface area contributed by atoms with Gasteiger partial charge in [-0.25, -0.2) is 14.7 Å². The fourth-order valence-corrected chi connectivity index (χ4v) is 5.99. The number of hydrogen-bond acceptors (Lipinski definition) is 5. The molecule has 1 saturated heterocycles. The normalized spacial score (nSPS) is 27.4. The zero-order chi connectivity index (χ0) is 20.5. The van der Waals surface area contributed by atoms with E-state index in [1.807, 2.05) is 24.3 Å². The van der Waals surface area contributed by atoms with Crippen molar-refractivity contribution in [1.29, 1.82) is 0 Å². The molecule has 8 heteroatoms.